The molecule has 0 aliphatic heterocycles. The largest absolute Gasteiger partial charge is 0.361 e. The molecule has 4 heteroatoms. The highest BCUT2D eigenvalue weighted by atomic mass is 16.2. The molecule has 18 heavy (non-hydrogen) atoms. The molecule has 0 radical (unpaired) electrons. The molecule has 0 bridgehead atoms. The molecule has 0 aromatic carbocycles. The van der Waals surface area contributed by atoms with E-state index in [2.05, 4.69) is 36.1 Å². The lowest BCUT2D eigenvalue weighted by Gasteiger charge is -2.10. The van der Waals surface area contributed by atoms with Gasteiger partial charge in [0.05, 0.1) is 0 Å². The SMILES string of the molecule is C=NNC(=O)N=C(C)C(C)CCCCCCCC. The van der Waals surface area contributed by atoms with Crippen LogP contribution in [0.25, 0.3) is 0 Å². The summed E-state index contributed by atoms with van der Waals surface area (Å²) in [6.45, 7) is 9.42. The zero-order chi connectivity index (χ0) is 13.8. The van der Waals surface area contributed by atoms with Gasteiger partial charge in [-0.15, -0.1) is 0 Å². The minimum absolute atomic E-state index is 0.353. The van der Waals surface area contributed by atoms with E-state index in [1.165, 1.54) is 38.5 Å². The maximum atomic E-state index is 11.2. The number of unbranched alkanes of at least 4 members (excludes halogenated alkanes) is 5. The number of aliphatic imine (C=N–C) groups is 1. The number of rotatable bonds is 9. The molecule has 1 unspecified atom stereocenters. The topological polar surface area (TPSA) is 53.8 Å². The predicted octanol–water partition coefficient (Wildman–Crippen LogP) is 4.16. The molecular weight excluding hydrogens is 226 g/mol. The van der Waals surface area contributed by atoms with Crippen molar-refractivity contribution < 1.29 is 4.79 Å². The summed E-state index contributed by atoms with van der Waals surface area (Å²) in [6.07, 6.45) is 8.86. The Labute approximate surface area is 111 Å². The number of urea groups is 1. The van der Waals surface area contributed by atoms with Gasteiger partial charge in [0.25, 0.3) is 0 Å². The molecule has 0 aromatic heterocycles. The van der Waals surface area contributed by atoms with Crippen LogP contribution in [0.4, 0.5) is 4.79 Å². The Balaban J connectivity index is 3.76. The molecule has 0 spiro atoms. The highest BCUT2D eigenvalue weighted by molar-refractivity contribution is 5.94. The number of nitrogens with zero attached hydrogens (tertiary/aromatic N) is 2. The van der Waals surface area contributed by atoms with E-state index in [1.807, 2.05) is 6.92 Å². The lowest BCUT2D eigenvalue weighted by atomic mass is 9.98. The van der Waals surface area contributed by atoms with E-state index in [0.29, 0.717) is 5.92 Å². The Bertz CT molecular complexity index is 274. The first-order chi connectivity index (χ1) is 8.61. The van der Waals surface area contributed by atoms with Crippen molar-refractivity contribution in [2.24, 2.45) is 16.0 Å². The van der Waals surface area contributed by atoms with Crippen molar-refractivity contribution in [3.8, 4) is 0 Å². The highest BCUT2D eigenvalue weighted by Gasteiger charge is 2.07. The Hall–Kier alpha value is -1.19. The molecule has 0 saturated carbocycles. The summed E-state index contributed by atoms with van der Waals surface area (Å²) in [5.74, 6) is 0.353. The van der Waals surface area contributed by atoms with Crippen molar-refractivity contribution in [3.05, 3.63) is 0 Å². The van der Waals surface area contributed by atoms with Gasteiger partial charge in [-0.1, -0.05) is 52.4 Å². The second-order valence-corrected chi connectivity index (χ2v) is 4.79. The summed E-state index contributed by atoms with van der Waals surface area (Å²) >= 11 is 0. The van der Waals surface area contributed by atoms with Gasteiger partial charge in [-0.2, -0.15) is 5.10 Å². The van der Waals surface area contributed by atoms with Gasteiger partial charge in [0.15, 0.2) is 0 Å². The molecule has 0 fully saturated rings. The van der Waals surface area contributed by atoms with Crippen LogP contribution in [0, 0.1) is 5.92 Å². The number of amides is 2. The van der Waals surface area contributed by atoms with Crippen LogP contribution in [0.3, 0.4) is 0 Å². The molecule has 1 atom stereocenters. The van der Waals surface area contributed by atoms with E-state index in [4.69, 9.17) is 0 Å². The van der Waals surface area contributed by atoms with E-state index in [-0.39, 0.29) is 0 Å². The van der Waals surface area contributed by atoms with Gasteiger partial charge in [-0.25, -0.2) is 15.2 Å². The third kappa shape index (κ3) is 8.90. The smallest absolute Gasteiger partial charge is 0.244 e. The zero-order valence-corrected chi connectivity index (χ0v) is 12.0. The van der Waals surface area contributed by atoms with E-state index in [0.717, 1.165) is 12.1 Å². The maximum Gasteiger partial charge on any atom is 0.361 e. The van der Waals surface area contributed by atoms with Crippen LogP contribution in [0.2, 0.25) is 0 Å². The van der Waals surface area contributed by atoms with Crippen molar-refractivity contribution in [2.75, 3.05) is 0 Å². The zero-order valence-electron chi connectivity index (χ0n) is 12.0. The summed E-state index contributed by atoms with van der Waals surface area (Å²) in [7, 11) is 0. The number of carbonyl (C=O) groups excluding carboxylic acids is 1. The predicted molar refractivity (Wildman–Crippen MR) is 78.3 cm³/mol. The first-order valence-electron chi connectivity index (χ1n) is 6.92. The Morgan fingerprint density at radius 3 is 2.44 bits per heavy atom. The molecular formula is C14H27N3O. The normalized spacial score (nSPS) is 13.2. The van der Waals surface area contributed by atoms with Crippen LogP contribution < -0.4 is 5.43 Å². The van der Waals surface area contributed by atoms with E-state index in [9.17, 15) is 4.79 Å². The van der Waals surface area contributed by atoms with Gasteiger partial charge in [0.2, 0.25) is 0 Å². The molecule has 0 aromatic rings. The fraction of sp³-hybridized carbons (Fsp3) is 0.786. The van der Waals surface area contributed by atoms with Gasteiger partial charge >= 0.3 is 6.03 Å². The quantitative estimate of drug-likeness (QED) is 0.374. The average molecular weight is 253 g/mol. The Morgan fingerprint density at radius 1 is 1.22 bits per heavy atom. The van der Waals surface area contributed by atoms with Gasteiger partial charge in [-0.05, 0) is 19.3 Å². The van der Waals surface area contributed by atoms with Crippen LogP contribution in [-0.2, 0) is 0 Å². The van der Waals surface area contributed by atoms with Crippen LogP contribution in [0.15, 0.2) is 10.1 Å². The van der Waals surface area contributed by atoms with Crippen molar-refractivity contribution in [1.29, 1.82) is 0 Å². The number of hydrazone groups is 1. The number of hydrogen-bond acceptors (Lipinski definition) is 2. The summed E-state index contributed by atoms with van der Waals surface area (Å²) in [6, 6.07) is -0.433. The first kappa shape index (κ1) is 16.8. The fourth-order valence-corrected chi connectivity index (χ4v) is 1.80. The summed E-state index contributed by atoms with van der Waals surface area (Å²) in [5.41, 5.74) is 3.07. The summed E-state index contributed by atoms with van der Waals surface area (Å²) < 4.78 is 0. The standard InChI is InChI=1S/C14H27N3O/c1-5-6-7-8-9-10-11-12(2)13(3)16-14(18)17-15-4/h12H,4-11H2,1-3H3,(H,17,18). The first-order valence-corrected chi connectivity index (χ1v) is 6.92. The van der Waals surface area contributed by atoms with Gasteiger partial charge in [0, 0.05) is 12.4 Å². The Morgan fingerprint density at radius 2 is 1.83 bits per heavy atom. The van der Waals surface area contributed by atoms with E-state index >= 15 is 0 Å². The molecule has 0 heterocycles. The van der Waals surface area contributed by atoms with Gasteiger partial charge < -0.3 is 0 Å². The van der Waals surface area contributed by atoms with Gasteiger partial charge in [0.1, 0.15) is 0 Å². The monoisotopic (exact) mass is 253 g/mol. The second-order valence-electron chi connectivity index (χ2n) is 4.79. The third-order valence-electron chi connectivity index (χ3n) is 3.16. The molecule has 0 saturated heterocycles. The molecule has 2 amide bonds. The average Bonchev–Trinajstić information content (AvgIpc) is 2.33. The maximum absolute atomic E-state index is 11.2. The van der Waals surface area contributed by atoms with Crippen molar-refractivity contribution in [3.63, 3.8) is 0 Å². The van der Waals surface area contributed by atoms with Crippen LogP contribution in [0.1, 0.15) is 65.7 Å². The Kier molecular flexibility index (Phi) is 10.2. The van der Waals surface area contributed by atoms with Gasteiger partial charge in [-0.3, -0.25) is 0 Å². The summed E-state index contributed by atoms with van der Waals surface area (Å²) in [4.78, 5) is 15.1. The van der Waals surface area contributed by atoms with Crippen molar-refractivity contribution in [1.82, 2.24) is 5.43 Å². The van der Waals surface area contributed by atoms with E-state index in [1.54, 1.807) is 0 Å². The molecule has 1 N–H and O–H groups in total. The number of nitrogens with one attached hydrogen (secondary N) is 1. The molecule has 104 valence electrons. The molecule has 4 nitrogen and oxygen atoms in total. The van der Waals surface area contributed by atoms with Crippen molar-refractivity contribution >= 4 is 18.5 Å². The minimum Gasteiger partial charge on any atom is -0.244 e. The molecule has 0 rings (SSSR count). The number of hydrogen-bond donors (Lipinski definition) is 1. The van der Waals surface area contributed by atoms with Crippen LogP contribution in [0.5, 0.6) is 0 Å². The number of carbonyl (C=O) groups is 1. The van der Waals surface area contributed by atoms with Crippen LogP contribution in [-0.4, -0.2) is 18.5 Å². The third-order valence-corrected chi connectivity index (χ3v) is 3.16. The van der Waals surface area contributed by atoms with Crippen LogP contribution >= 0.6 is 0 Å². The summed E-state index contributed by atoms with van der Waals surface area (Å²) in [5, 5.41) is 3.30. The molecule has 0 aliphatic rings. The lowest BCUT2D eigenvalue weighted by Crippen LogP contribution is -2.16. The molecule has 0 aliphatic carbocycles. The second kappa shape index (κ2) is 10.9. The van der Waals surface area contributed by atoms with E-state index < -0.39 is 6.03 Å². The fourth-order valence-electron chi connectivity index (χ4n) is 1.80. The lowest BCUT2D eigenvalue weighted by molar-refractivity contribution is 0.249. The minimum atomic E-state index is -0.433. The van der Waals surface area contributed by atoms with Crippen molar-refractivity contribution in [2.45, 2.75) is 65.7 Å². The highest BCUT2D eigenvalue weighted by Crippen LogP contribution is 2.13.